The molecule has 2 atom stereocenters. The maximum absolute atomic E-state index is 13.5. The van der Waals surface area contributed by atoms with Gasteiger partial charge >= 0.3 is 5.97 Å². The van der Waals surface area contributed by atoms with E-state index >= 15 is 0 Å². The summed E-state index contributed by atoms with van der Waals surface area (Å²) in [6, 6.07) is 3.57. The average Bonchev–Trinajstić information content (AvgIpc) is 2.79. The Bertz CT molecular complexity index is 597. The van der Waals surface area contributed by atoms with Gasteiger partial charge < -0.3 is 14.8 Å². The first kappa shape index (κ1) is 13.3. The van der Waals surface area contributed by atoms with Crippen molar-refractivity contribution in [3.63, 3.8) is 0 Å². The standard InChI is InChI=1S/C13H15FN2O3/c1-3-7(2)10(12(17)18)15-13-16-11-8(14)5-4-6-9(11)19-13/h4-7,10H,3H2,1-2H3,(H,15,16)(H,17,18)/t7-,10-/m0/s1. The fourth-order valence-electron chi connectivity index (χ4n) is 1.79. The van der Waals surface area contributed by atoms with Gasteiger partial charge in [0.2, 0.25) is 0 Å². The molecule has 0 aliphatic heterocycles. The topological polar surface area (TPSA) is 75.4 Å². The highest BCUT2D eigenvalue weighted by molar-refractivity contribution is 5.79. The van der Waals surface area contributed by atoms with E-state index in [2.05, 4.69) is 10.3 Å². The lowest BCUT2D eigenvalue weighted by Crippen LogP contribution is -2.35. The van der Waals surface area contributed by atoms with Crippen LogP contribution in [0.25, 0.3) is 11.1 Å². The predicted molar refractivity (Wildman–Crippen MR) is 68.5 cm³/mol. The minimum absolute atomic E-state index is 0.0211. The van der Waals surface area contributed by atoms with Gasteiger partial charge in [0.05, 0.1) is 0 Å². The van der Waals surface area contributed by atoms with Gasteiger partial charge in [-0.1, -0.05) is 26.3 Å². The number of fused-ring (bicyclic) bond motifs is 1. The quantitative estimate of drug-likeness (QED) is 0.870. The monoisotopic (exact) mass is 266 g/mol. The third-order valence-corrected chi connectivity index (χ3v) is 3.13. The van der Waals surface area contributed by atoms with Crippen LogP contribution in [0.5, 0.6) is 0 Å². The number of rotatable bonds is 5. The van der Waals surface area contributed by atoms with E-state index in [0.717, 1.165) is 0 Å². The molecule has 0 aliphatic carbocycles. The summed E-state index contributed by atoms with van der Waals surface area (Å²) in [5.74, 6) is -1.58. The lowest BCUT2D eigenvalue weighted by molar-refractivity contribution is -0.139. The Kier molecular flexibility index (Phi) is 3.69. The Hall–Kier alpha value is -2.11. The van der Waals surface area contributed by atoms with Crippen molar-refractivity contribution in [2.45, 2.75) is 26.3 Å². The van der Waals surface area contributed by atoms with Gasteiger partial charge in [-0.15, -0.1) is 0 Å². The van der Waals surface area contributed by atoms with Gasteiger partial charge in [-0.05, 0) is 18.1 Å². The fourth-order valence-corrected chi connectivity index (χ4v) is 1.79. The number of carboxylic acids is 1. The van der Waals surface area contributed by atoms with Crippen molar-refractivity contribution in [1.82, 2.24) is 4.98 Å². The van der Waals surface area contributed by atoms with Crippen LogP contribution >= 0.6 is 0 Å². The molecule has 0 saturated heterocycles. The average molecular weight is 266 g/mol. The predicted octanol–water partition coefficient (Wildman–Crippen LogP) is 2.88. The van der Waals surface area contributed by atoms with Crippen molar-refractivity contribution in [1.29, 1.82) is 0 Å². The van der Waals surface area contributed by atoms with E-state index in [1.165, 1.54) is 12.1 Å². The van der Waals surface area contributed by atoms with Gasteiger partial charge in [-0.2, -0.15) is 4.98 Å². The van der Waals surface area contributed by atoms with Gasteiger partial charge in [0, 0.05) is 0 Å². The van der Waals surface area contributed by atoms with E-state index in [1.54, 1.807) is 6.07 Å². The molecule has 19 heavy (non-hydrogen) atoms. The first-order valence-corrected chi connectivity index (χ1v) is 6.07. The zero-order chi connectivity index (χ0) is 14.0. The van der Waals surface area contributed by atoms with Crippen molar-refractivity contribution in [3.8, 4) is 0 Å². The van der Waals surface area contributed by atoms with Crippen molar-refractivity contribution < 1.29 is 18.7 Å². The van der Waals surface area contributed by atoms with Crippen LogP contribution in [0.3, 0.4) is 0 Å². The Balaban J connectivity index is 2.29. The van der Waals surface area contributed by atoms with E-state index in [4.69, 9.17) is 9.52 Å². The lowest BCUT2D eigenvalue weighted by atomic mass is 10.00. The van der Waals surface area contributed by atoms with Crippen molar-refractivity contribution >= 4 is 23.1 Å². The van der Waals surface area contributed by atoms with E-state index < -0.39 is 17.8 Å². The number of oxazole rings is 1. The third kappa shape index (κ3) is 2.67. The number of aliphatic carboxylic acids is 1. The van der Waals surface area contributed by atoms with E-state index in [9.17, 15) is 9.18 Å². The molecule has 0 saturated carbocycles. The third-order valence-electron chi connectivity index (χ3n) is 3.13. The van der Waals surface area contributed by atoms with Crippen LogP contribution in [0, 0.1) is 11.7 Å². The molecule has 6 heteroatoms. The smallest absolute Gasteiger partial charge is 0.326 e. The number of benzene rings is 1. The molecule has 1 aromatic carbocycles. The Morgan fingerprint density at radius 2 is 2.32 bits per heavy atom. The number of carboxylic acid groups (broad SMARTS) is 1. The summed E-state index contributed by atoms with van der Waals surface area (Å²) < 4.78 is 18.8. The Labute approximate surface area is 109 Å². The zero-order valence-electron chi connectivity index (χ0n) is 10.7. The summed E-state index contributed by atoms with van der Waals surface area (Å²) in [6.45, 7) is 3.71. The maximum Gasteiger partial charge on any atom is 0.326 e. The highest BCUT2D eigenvalue weighted by Crippen LogP contribution is 2.23. The van der Waals surface area contributed by atoms with E-state index in [1.807, 2.05) is 13.8 Å². The Morgan fingerprint density at radius 3 is 2.89 bits per heavy atom. The van der Waals surface area contributed by atoms with E-state index in [0.29, 0.717) is 6.42 Å². The normalized spacial score (nSPS) is 14.3. The second-order valence-electron chi connectivity index (χ2n) is 4.45. The molecule has 0 unspecified atom stereocenters. The number of hydrogen-bond acceptors (Lipinski definition) is 4. The summed E-state index contributed by atoms with van der Waals surface area (Å²) in [4.78, 5) is 15.1. The van der Waals surface area contributed by atoms with Gasteiger partial charge in [-0.3, -0.25) is 0 Å². The molecule has 0 amide bonds. The molecule has 2 rings (SSSR count). The largest absolute Gasteiger partial charge is 0.480 e. The highest BCUT2D eigenvalue weighted by Gasteiger charge is 2.25. The van der Waals surface area contributed by atoms with Crippen LogP contribution in [0.15, 0.2) is 22.6 Å². The van der Waals surface area contributed by atoms with Crippen molar-refractivity contribution in [2.75, 3.05) is 5.32 Å². The minimum Gasteiger partial charge on any atom is -0.480 e. The molecule has 1 heterocycles. The first-order valence-electron chi connectivity index (χ1n) is 6.07. The van der Waals surface area contributed by atoms with Crippen LogP contribution in [-0.4, -0.2) is 22.1 Å². The molecular weight excluding hydrogens is 251 g/mol. The second kappa shape index (κ2) is 5.26. The molecule has 0 spiro atoms. The Morgan fingerprint density at radius 1 is 1.58 bits per heavy atom. The van der Waals surface area contributed by atoms with Gasteiger partial charge in [0.15, 0.2) is 11.4 Å². The van der Waals surface area contributed by atoms with Crippen molar-refractivity contribution in [3.05, 3.63) is 24.0 Å². The second-order valence-corrected chi connectivity index (χ2v) is 4.45. The van der Waals surface area contributed by atoms with Gasteiger partial charge in [0.1, 0.15) is 11.6 Å². The number of nitrogens with zero attached hydrogens (tertiary/aromatic N) is 1. The molecule has 0 aliphatic rings. The van der Waals surface area contributed by atoms with Crippen LogP contribution in [0.4, 0.5) is 10.4 Å². The number of para-hydroxylation sites is 1. The number of hydrogen-bond donors (Lipinski definition) is 2. The molecule has 0 radical (unpaired) electrons. The number of halogens is 1. The number of nitrogens with one attached hydrogen (secondary N) is 1. The highest BCUT2D eigenvalue weighted by atomic mass is 19.1. The SMILES string of the molecule is CC[C@H](C)[C@H](Nc1nc2c(F)cccc2o1)C(=O)O. The molecule has 1 aromatic heterocycles. The summed E-state index contributed by atoms with van der Waals surface area (Å²) in [5, 5.41) is 11.9. The van der Waals surface area contributed by atoms with E-state index in [-0.39, 0.29) is 23.0 Å². The van der Waals surface area contributed by atoms with Gasteiger partial charge in [-0.25, -0.2) is 9.18 Å². The summed E-state index contributed by atoms with van der Waals surface area (Å²) in [5.41, 5.74) is 0.383. The number of anilines is 1. The molecular formula is C13H15FN2O3. The summed E-state index contributed by atoms with van der Waals surface area (Å²) in [6.07, 6.45) is 0.693. The lowest BCUT2D eigenvalue weighted by Gasteiger charge is -2.18. The number of carbonyl (C=O) groups is 1. The van der Waals surface area contributed by atoms with Crippen molar-refractivity contribution in [2.24, 2.45) is 5.92 Å². The first-order chi connectivity index (χ1) is 9.02. The maximum atomic E-state index is 13.5. The molecule has 2 aromatic rings. The fraction of sp³-hybridized carbons (Fsp3) is 0.385. The minimum atomic E-state index is -0.989. The van der Waals surface area contributed by atoms with Crippen LogP contribution in [-0.2, 0) is 4.79 Å². The summed E-state index contributed by atoms with van der Waals surface area (Å²) >= 11 is 0. The number of aromatic nitrogens is 1. The van der Waals surface area contributed by atoms with Crippen LogP contribution < -0.4 is 5.32 Å². The molecule has 102 valence electrons. The molecule has 2 N–H and O–H groups in total. The molecule has 0 fully saturated rings. The summed E-state index contributed by atoms with van der Waals surface area (Å²) in [7, 11) is 0. The van der Waals surface area contributed by atoms with Crippen LogP contribution in [0.1, 0.15) is 20.3 Å². The zero-order valence-corrected chi connectivity index (χ0v) is 10.7. The molecule has 5 nitrogen and oxygen atoms in total. The molecule has 0 bridgehead atoms. The van der Waals surface area contributed by atoms with Crippen LogP contribution in [0.2, 0.25) is 0 Å². The van der Waals surface area contributed by atoms with Gasteiger partial charge in [0.25, 0.3) is 6.01 Å².